The second-order valence-corrected chi connectivity index (χ2v) is 9.63. The van der Waals surface area contributed by atoms with Crippen molar-refractivity contribution in [3.8, 4) is 17.2 Å². The first-order chi connectivity index (χ1) is 14.6. The molecule has 9 nitrogen and oxygen atoms in total. The summed E-state index contributed by atoms with van der Waals surface area (Å²) in [4.78, 5) is 12.6. The molecule has 3 aromatic rings. The van der Waals surface area contributed by atoms with Crippen LogP contribution in [0.4, 0.5) is 10.9 Å². The van der Waals surface area contributed by atoms with E-state index < -0.39 is 9.84 Å². The van der Waals surface area contributed by atoms with Crippen molar-refractivity contribution in [2.24, 2.45) is 0 Å². The van der Waals surface area contributed by atoms with Crippen molar-refractivity contribution in [1.29, 1.82) is 0 Å². The lowest BCUT2D eigenvalue weighted by molar-refractivity contribution is 0.0489. The van der Waals surface area contributed by atoms with Gasteiger partial charge in [0.05, 0.1) is 30.4 Å². The van der Waals surface area contributed by atoms with Gasteiger partial charge in [-0.15, -0.1) is 11.3 Å². The highest BCUT2D eigenvalue weighted by Gasteiger charge is 2.28. The number of rotatable bonds is 9. The molecule has 0 bridgehead atoms. The van der Waals surface area contributed by atoms with E-state index in [-0.39, 0.29) is 30.8 Å². The maximum atomic E-state index is 11.5. The van der Waals surface area contributed by atoms with Gasteiger partial charge in [-0.1, -0.05) is 0 Å². The molecule has 0 aliphatic carbocycles. The summed E-state index contributed by atoms with van der Waals surface area (Å²) in [7, 11) is -2.97. The molecule has 0 aromatic carbocycles. The summed E-state index contributed by atoms with van der Waals surface area (Å²) in [6, 6.07) is 5.21. The van der Waals surface area contributed by atoms with Crippen LogP contribution in [0.2, 0.25) is 0 Å². The molecule has 3 aromatic heterocycles. The summed E-state index contributed by atoms with van der Waals surface area (Å²) in [5, 5.41) is 5.66. The third-order valence-corrected chi connectivity index (χ3v) is 6.68. The summed E-state index contributed by atoms with van der Waals surface area (Å²) in [5.74, 6) is 2.35. The largest absolute Gasteiger partial charge is 0.487 e. The Morgan fingerprint density at radius 2 is 2.00 bits per heavy atom. The third-order valence-electron chi connectivity index (χ3n) is 4.26. The van der Waals surface area contributed by atoms with Gasteiger partial charge in [0.1, 0.15) is 18.1 Å². The van der Waals surface area contributed by atoms with Gasteiger partial charge in [-0.3, -0.25) is 4.98 Å². The molecule has 30 heavy (non-hydrogen) atoms. The Balaban J connectivity index is 1.41. The minimum Gasteiger partial charge on any atom is -0.487 e. The number of hydrogen-bond acceptors (Lipinski definition) is 10. The van der Waals surface area contributed by atoms with Gasteiger partial charge in [0.25, 0.3) is 0 Å². The standard InChI is InChI=1S/C19H20N4O5S2/c24-30(25)10-3-15(13-30)26-7-8-27-17-11-16(28-14-1-4-20-5-2-14)12-22-18(17)23-19-21-6-9-29-19/h1-2,4-6,9,11-12,15H,3,7-8,10,13H2,(H,21,22,23). The average molecular weight is 449 g/mol. The van der Waals surface area contributed by atoms with Crippen LogP contribution in [0.15, 0.2) is 48.4 Å². The van der Waals surface area contributed by atoms with Gasteiger partial charge in [-0.2, -0.15) is 0 Å². The second-order valence-electron chi connectivity index (χ2n) is 6.51. The number of pyridine rings is 2. The molecule has 11 heteroatoms. The van der Waals surface area contributed by atoms with Crippen molar-refractivity contribution >= 4 is 32.1 Å². The van der Waals surface area contributed by atoms with Crippen LogP contribution < -0.4 is 14.8 Å². The maximum absolute atomic E-state index is 11.5. The topological polar surface area (TPSA) is 113 Å². The quantitative estimate of drug-likeness (QED) is 0.493. The predicted octanol–water partition coefficient (Wildman–Crippen LogP) is 3.05. The molecule has 1 unspecified atom stereocenters. The van der Waals surface area contributed by atoms with E-state index in [4.69, 9.17) is 14.2 Å². The second kappa shape index (κ2) is 9.37. The lowest BCUT2D eigenvalue weighted by atomic mass is 10.3. The van der Waals surface area contributed by atoms with Gasteiger partial charge in [0.15, 0.2) is 26.5 Å². The van der Waals surface area contributed by atoms with E-state index in [2.05, 4.69) is 20.3 Å². The van der Waals surface area contributed by atoms with Crippen molar-refractivity contribution in [2.45, 2.75) is 12.5 Å². The Labute approximate surface area is 178 Å². The molecule has 1 aliphatic heterocycles. The highest BCUT2D eigenvalue weighted by molar-refractivity contribution is 7.91. The van der Waals surface area contributed by atoms with Crippen LogP contribution in [0.25, 0.3) is 0 Å². The lowest BCUT2D eigenvalue weighted by Crippen LogP contribution is -2.18. The molecule has 4 rings (SSSR count). The van der Waals surface area contributed by atoms with E-state index in [1.165, 1.54) is 11.3 Å². The van der Waals surface area contributed by atoms with Crippen molar-refractivity contribution in [3.05, 3.63) is 48.4 Å². The molecular formula is C19H20N4O5S2. The molecule has 0 radical (unpaired) electrons. The number of nitrogens with one attached hydrogen (secondary N) is 1. The number of anilines is 2. The zero-order valence-electron chi connectivity index (χ0n) is 15.9. The van der Waals surface area contributed by atoms with E-state index >= 15 is 0 Å². The van der Waals surface area contributed by atoms with Gasteiger partial charge in [-0.05, 0) is 18.6 Å². The first kappa shape index (κ1) is 20.5. The molecule has 1 saturated heterocycles. The zero-order valence-corrected chi connectivity index (χ0v) is 17.6. The minimum atomic E-state index is -2.97. The number of aromatic nitrogens is 3. The van der Waals surface area contributed by atoms with Crippen LogP contribution in [0.1, 0.15) is 6.42 Å². The molecule has 1 atom stereocenters. The summed E-state index contributed by atoms with van der Waals surface area (Å²) in [5.41, 5.74) is 0. The Morgan fingerprint density at radius 1 is 1.13 bits per heavy atom. The fraction of sp³-hybridized carbons (Fsp3) is 0.316. The Kier molecular flexibility index (Phi) is 6.41. The maximum Gasteiger partial charge on any atom is 0.188 e. The SMILES string of the molecule is O=S1(=O)CCC(OCCOc2cc(Oc3ccncc3)cnc2Nc2nccs2)C1. The first-order valence-electron chi connectivity index (χ1n) is 9.27. The normalized spacial score (nSPS) is 17.5. The lowest BCUT2D eigenvalue weighted by Gasteiger charge is -2.14. The average Bonchev–Trinajstić information content (AvgIpc) is 3.37. The van der Waals surface area contributed by atoms with Crippen LogP contribution in [-0.4, -0.2) is 54.2 Å². The number of hydrogen-bond donors (Lipinski definition) is 1. The molecular weight excluding hydrogens is 428 g/mol. The summed E-state index contributed by atoms with van der Waals surface area (Å²) in [6.07, 6.45) is 6.81. The van der Waals surface area contributed by atoms with Crippen LogP contribution in [-0.2, 0) is 14.6 Å². The van der Waals surface area contributed by atoms with E-state index in [1.54, 1.807) is 43.0 Å². The fourth-order valence-corrected chi connectivity index (χ4v) is 5.02. The van der Waals surface area contributed by atoms with Gasteiger partial charge >= 0.3 is 0 Å². The minimum absolute atomic E-state index is 0.0701. The molecule has 1 fully saturated rings. The van der Waals surface area contributed by atoms with Gasteiger partial charge in [0.2, 0.25) is 0 Å². The van der Waals surface area contributed by atoms with Crippen molar-refractivity contribution in [1.82, 2.24) is 15.0 Å². The van der Waals surface area contributed by atoms with Crippen LogP contribution in [0, 0.1) is 0 Å². The third kappa shape index (κ3) is 5.65. The molecule has 1 aliphatic rings. The molecule has 0 amide bonds. The van der Waals surface area contributed by atoms with Crippen molar-refractivity contribution in [3.63, 3.8) is 0 Å². The highest BCUT2D eigenvalue weighted by Crippen LogP contribution is 2.32. The summed E-state index contributed by atoms with van der Waals surface area (Å²) >= 11 is 1.44. The zero-order chi connectivity index (χ0) is 20.8. The molecule has 4 heterocycles. The number of thiazole rings is 1. The first-order valence-corrected chi connectivity index (χ1v) is 12.0. The predicted molar refractivity (Wildman–Crippen MR) is 112 cm³/mol. The monoisotopic (exact) mass is 448 g/mol. The van der Waals surface area contributed by atoms with Gasteiger partial charge in [-0.25, -0.2) is 18.4 Å². The number of ether oxygens (including phenoxy) is 3. The summed E-state index contributed by atoms with van der Waals surface area (Å²) in [6.45, 7) is 0.510. The fourth-order valence-electron chi connectivity index (χ4n) is 2.87. The van der Waals surface area contributed by atoms with E-state index in [0.717, 1.165) is 0 Å². The van der Waals surface area contributed by atoms with Gasteiger partial charge < -0.3 is 19.5 Å². The van der Waals surface area contributed by atoms with E-state index in [0.29, 0.717) is 34.6 Å². The molecule has 1 N–H and O–H groups in total. The van der Waals surface area contributed by atoms with E-state index in [9.17, 15) is 8.42 Å². The van der Waals surface area contributed by atoms with E-state index in [1.807, 2.05) is 5.38 Å². The highest BCUT2D eigenvalue weighted by atomic mass is 32.2. The number of nitrogens with zero attached hydrogens (tertiary/aromatic N) is 3. The molecule has 158 valence electrons. The number of sulfone groups is 1. The van der Waals surface area contributed by atoms with Crippen LogP contribution in [0.3, 0.4) is 0 Å². The van der Waals surface area contributed by atoms with Crippen LogP contribution >= 0.6 is 11.3 Å². The summed E-state index contributed by atoms with van der Waals surface area (Å²) < 4.78 is 40.4. The van der Waals surface area contributed by atoms with Crippen molar-refractivity contribution in [2.75, 3.05) is 30.0 Å². The van der Waals surface area contributed by atoms with Gasteiger partial charge in [0, 0.05) is 30.0 Å². The van der Waals surface area contributed by atoms with Crippen molar-refractivity contribution < 1.29 is 22.6 Å². The Bertz CT molecular complexity index is 1060. The molecule has 0 saturated carbocycles. The Hall–Kier alpha value is -2.76. The Morgan fingerprint density at radius 3 is 2.73 bits per heavy atom. The molecule has 0 spiro atoms. The van der Waals surface area contributed by atoms with Crippen LogP contribution in [0.5, 0.6) is 17.2 Å². The smallest absolute Gasteiger partial charge is 0.188 e.